The monoisotopic (exact) mass is 428 g/mol. The van der Waals surface area contributed by atoms with Crippen LogP contribution in [-0.4, -0.2) is 30.4 Å². The quantitative estimate of drug-likeness (QED) is 0.585. The second-order valence-corrected chi connectivity index (χ2v) is 7.82. The van der Waals surface area contributed by atoms with E-state index in [0.717, 1.165) is 16.9 Å². The van der Waals surface area contributed by atoms with Crippen LogP contribution in [0.1, 0.15) is 16.7 Å². The maximum absolute atomic E-state index is 13.9. The van der Waals surface area contributed by atoms with Crippen molar-refractivity contribution in [3.8, 4) is 5.75 Å². The van der Waals surface area contributed by atoms with Gasteiger partial charge in [-0.15, -0.1) is 0 Å². The fourth-order valence-electron chi connectivity index (χ4n) is 4.37. The lowest BCUT2D eigenvalue weighted by molar-refractivity contribution is -0.120. The molecule has 0 aromatic heterocycles. The van der Waals surface area contributed by atoms with Crippen LogP contribution in [0.5, 0.6) is 5.75 Å². The van der Waals surface area contributed by atoms with E-state index in [1.165, 1.54) is 23.8 Å². The lowest BCUT2D eigenvalue weighted by Gasteiger charge is -2.31. The van der Waals surface area contributed by atoms with Crippen LogP contribution < -0.4 is 9.64 Å². The predicted molar refractivity (Wildman–Crippen MR) is 119 cm³/mol. The Morgan fingerprint density at radius 3 is 2.34 bits per heavy atom. The van der Waals surface area contributed by atoms with E-state index in [1.54, 1.807) is 37.4 Å². The standard InChI is InChI=1S/C26H21FN2O3/c1-32-22-11-9-18(10-12-22)23-24(28-14-13-17-5-2-3-6-19(17)16-28)26(31)29(25(23)30)21-8-4-7-20(27)15-21/h2-12,15H,13-14,16H2,1H3. The van der Waals surface area contributed by atoms with Gasteiger partial charge in [0, 0.05) is 13.1 Å². The molecule has 6 heteroatoms. The number of hydrogen-bond donors (Lipinski definition) is 0. The molecule has 0 aliphatic carbocycles. The minimum absolute atomic E-state index is 0.221. The summed E-state index contributed by atoms with van der Waals surface area (Å²) >= 11 is 0. The number of amides is 2. The molecule has 5 rings (SSSR count). The van der Waals surface area contributed by atoms with Gasteiger partial charge in [-0.1, -0.05) is 42.5 Å². The SMILES string of the molecule is COc1ccc(C2=C(N3CCc4ccccc4C3)C(=O)N(c3cccc(F)c3)C2=O)cc1. The minimum Gasteiger partial charge on any atom is -0.497 e. The van der Waals surface area contributed by atoms with Crippen LogP contribution in [0.2, 0.25) is 0 Å². The van der Waals surface area contributed by atoms with Gasteiger partial charge in [-0.05, 0) is 53.4 Å². The Morgan fingerprint density at radius 1 is 0.875 bits per heavy atom. The van der Waals surface area contributed by atoms with Crippen molar-refractivity contribution < 1.29 is 18.7 Å². The van der Waals surface area contributed by atoms with Gasteiger partial charge in [0.2, 0.25) is 0 Å². The maximum atomic E-state index is 13.9. The molecule has 2 heterocycles. The highest BCUT2D eigenvalue weighted by Gasteiger charge is 2.43. The summed E-state index contributed by atoms with van der Waals surface area (Å²) in [5.41, 5.74) is 3.88. The highest BCUT2D eigenvalue weighted by atomic mass is 19.1. The topological polar surface area (TPSA) is 49.9 Å². The second kappa shape index (κ2) is 7.96. The zero-order chi connectivity index (χ0) is 22.2. The Kier molecular flexibility index (Phi) is 4.98. The molecular weight excluding hydrogens is 407 g/mol. The number of ether oxygens (including phenoxy) is 1. The first-order chi connectivity index (χ1) is 15.6. The van der Waals surface area contributed by atoms with Crippen LogP contribution in [0, 0.1) is 5.82 Å². The average Bonchev–Trinajstić information content (AvgIpc) is 3.08. The fraction of sp³-hybridized carbons (Fsp3) is 0.154. The van der Waals surface area contributed by atoms with E-state index in [4.69, 9.17) is 4.74 Å². The van der Waals surface area contributed by atoms with E-state index in [-0.39, 0.29) is 5.69 Å². The molecule has 160 valence electrons. The summed E-state index contributed by atoms with van der Waals surface area (Å²) in [5.74, 6) is -0.749. The zero-order valence-corrected chi connectivity index (χ0v) is 17.5. The molecule has 0 atom stereocenters. The lowest BCUT2D eigenvalue weighted by Crippen LogP contribution is -2.37. The summed E-state index contributed by atoms with van der Waals surface area (Å²) < 4.78 is 19.1. The predicted octanol–water partition coefficient (Wildman–Crippen LogP) is 4.18. The number of carbonyl (C=O) groups is 2. The Labute approximate surface area is 185 Å². The van der Waals surface area contributed by atoms with Crippen LogP contribution in [-0.2, 0) is 22.6 Å². The molecule has 0 N–H and O–H groups in total. The number of hydrogen-bond acceptors (Lipinski definition) is 4. The van der Waals surface area contributed by atoms with Gasteiger partial charge in [0.15, 0.2) is 0 Å². The lowest BCUT2D eigenvalue weighted by atomic mass is 9.98. The highest BCUT2D eigenvalue weighted by molar-refractivity contribution is 6.45. The van der Waals surface area contributed by atoms with Crippen molar-refractivity contribution in [1.29, 1.82) is 0 Å². The number of methoxy groups -OCH3 is 1. The van der Waals surface area contributed by atoms with Crippen LogP contribution in [0.3, 0.4) is 0 Å². The van der Waals surface area contributed by atoms with Crippen LogP contribution in [0.15, 0.2) is 78.5 Å². The summed E-state index contributed by atoms with van der Waals surface area (Å²) in [6, 6.07) is 20.7. The first kappa shape index (κ1) is 20.0. The summed E-state index contributed by atoms with van der Waals surface area (Å²) in [5, 5.41) is 0. The number of carbonyl (C=O) groups excluding carboxylic acids is 2. The first-order valence-electron chi connectivity index (χ1n) is 10.4. The average molecular weight is 428 g/mol. The second-order valence-electron chi connectivity index (χ2n) is 7.82. The maximum Gasteiger partial charge on any atom is 0.282 e. The minimum atomic E-state index is -0.505. The first-order valence-corrected chi connectivity index (χ1v) is 10.4. The third-order valence-electron chi connectivity index (χ3n) is 5.95. The molecule has 2 amide bonds. The highest BCUT2D eigenvalue weighted by Crippen LogP contribution is 2.37. The molecule has 0 spiro atoms. The molecule has 2 aliphatic heterocycles. The summed E-state index contributed by atoms with van der Waals surface area (Å²) in [4.78, 5) is 30.2. The molecule has 32 heavy (non-hydrogen) atoms. The van der Waals surface area contributed by atoms with Gasteiger partial charge < -0.3 is 9.64 Å². The van der Waals surface area contributed by atoms with Crippen molar-refractivity contribution in [2.45, 2.75) is 13.0 Å². The van der Waals surface area contributed by atoms with Crippen molar-refractivity contribution in [2.75, 3.05) is 18.6 Å². The summed E-state index contributed by atoms with van der Waals surface area (Å²) in [7, 11) is 1.57. The molecule has 2 aliphatic rings. The number of rotatable bonds is 4. The molecule has 0 saturated heterocycles. The Balaban J connectivity index is 1.62. The third kappa shape index (κ3) is 3.34. The van der Waals surface area contributed by atoms with Crippen molar-refractivity contribution in [3.63, 3.8) is 0 Å². The number of imide groups is 1. The van der Waals surface area contributed by atoms with Gasteiger partial charge in [-0.25, -0.2) is 9.29 Å². The smallest absolute Gasteiger partial charge is 0.282 e. The molecule has 3 aromatic carbocycles. The van der Waals surface area contributed by atoms with Crippen molar-refractivity contribution in [3.05, 3.63) is 101 Å². The molecule has 0 unspecified atom stereocenters. The molecule has 5 nitrogen and oxygen atoms in total. The Morgan fingerprint density at radius 2 is 1.62 bits per heavy atom. The van der Waals surface area contributed by atoms with E-state index >= 15 is 0 Å². The van der Waals surface area contributed by atoms with Gasteiger partial charge in [0.25, 0.3) is 11.8 Å². The molecule has 0 fully saturated rings. The van der Waals surface area contributed by atoms with Gasteiger partial charge in [-0.3, -0.25) is 9.59 Å². The van der Waals surface area contributed by atoms with Crippen molar-refractivity contribution >= 4 is 23.1 Å². The van der Waals surface area contributed by atoms with Crippen LogP contribution >= 0.6 is 0 Å². The molecule has 3 aromatic rings. The van der Waals surface area contributed by atoms with Crippen LogP contribution in [0.4, 0.5) is 10.1 Å². The number of nitrogens with zero attached hydrogens (tertiary/aromatic N) is 2. The third-order valence-corrected chi connectivity index (χ3v) is 5.95. The normalized spacial score (nSPS) is 15.9. The van der Waals surface area contributed by atoms with Gasteiger partial charge in [-0.2, -0.15) is 0 Å². The van der Waals surface area contributed by atoms with E-state index in [0.29, 0.717) is 35.7 Å². The molecule has 0 bridgehead atoms. The van der Waals surface area contributed by atoms with Gasteiger partial charge in [0.05, 0.1) is 18.4 Å². The van der Waals surface area contributed by atoms with E-state index in [1.807, 2.05) is 23.1 Å². The molecule has 0 saturated carbocycles. The van der Waals surface area contributed by atoms with Crippen LogP contribution in [0.25, 0.3) is 5.57 Å². The number of halogens is 1. The Hall–Kier alpha value is -3.93. The molecular formula is C26H21FN2O3. The van der Waals surface area contributed by atoms with E-state index in [2.05, 4.69) is 6.07 Å². The zero-order valence-electron chi connectivity index (χ0n) is 17.5. The van der Waals surface area contributed by atoms with Gasteiger partial charge >= 0.3 is 0 Å². The van der Waals surface area contributed by atoms with Crippen molar-refractivity contribution in [2.24, 2.45) is 0 Å². The Bertz CT molecular complexity index is 1250. The summed E-state index contributed by atoms with van der Waals surface area (Å²) in [6.07, 6.45) is 0.775. The largest absolute Gasteiger partial charge is 0.497 e. The molecule has 0 radical (unpaired) electrons. The van der Waals surface area contributed by atoms with E-state index < -0.39 is 17.6 Å². The van der Waals surface area contributed by atoms with E-state index in [9.17, 15) is 14.0 Å². The number of benzene rings is 3. The number of fused-ring (bicyclic) bond motifs is 1. The van der Waals surface area contributed by atoms with Crippen molar-refractivity contribution in [1.82, 2.24) is 4.90 Å². The fourth-order valence-corrected chi connectivity index (χ4v) is 4.37. The number of anilines is 1. The summed E-state index contributed by atoms with van der Waals surface area (Å²) in [6.45, 7) is 1.14. The van der Waals surface area contributed by atoms with Gasteiger partial charge in [0.1, 0.15) is 17.3 Å².